The number of thioether (sulfide) groups is 1. The average Bonchev–Trinajstić information content (AvgIpc) is 3.32. The second-order valence-electron chi connectivity index (χ2n) is 8.35. The van der Waals surface area contributed by atoms with Crippen LogP contribution in [0.5, 0.6) is 0 Å². The van der Waals surface area contributed by atoms with Crippen LogP contribution in [0.3, 0.4) is 0 Å². The lowest BCUT2D eigenvalue weighted by atomic mass is 9.95. The summed E-state index contributed by atoms with van der Waals surface area (Å²) in [6.45, 7) is 6.53. The van der Waals surface area contributed by atoms with Gasteiger partial charge in [0.2, 0.25) is 0 Å². The SMILES string of the molecule is CSC(C(C)=O)(C1CCCN1)N1CCN(C(c2ccccc2)c2ccccc2)CC1. The molecular formula is C25H33N3OS. The van der Waals surface area contributed by atoms with Crippen LogP contribution in [0.1, 0.15) is 36.9 Å². The molecule has 2 aliphatic heterocycles. The molecule has 4 nitrogen and oxygen atoms in total. The van der Waals surface area contributed by atoms with Crippen molar-refractivity contribution in [3.05, 3.63) is 71.8 Å². The Kier molecular flexibility index (Phi) is 6.94. The Morgan fingerprint density at radius 3 is 2.00 bits per heavy atom. The van der Waals surface area contributed by atoms with E-state index < -0.39 is 4.87 Å². The van der Waals surface area contributed by atoms with Gasteiger partial charge in [-0.1, -0.05) is 60.7 Å². The summed E-state index contributed by atoms with van der Waals surface area (Å²) in [6, 6.07) is 22.1. The van der Waals surface area contributed by atoms with Crippen LogP contribution in [-0.2, 0) is 4.79 Å². The highest BCUT2D eigenvalue weighted by molar-refractivity contribution is 8.00. The first-order valence-corrected chi connectivity index (χ1v) is 12.3. The third-order valence-electron chi connectivity index (χ3n) is 6.73. The highest BCUT2D eigenvalue weighted by atomic mass is 32.2. The lowest BCUT2D eigenvalue weighted by molar-refractivity contribution is -0.126. The van der Waals surface area contributed by atoms with Crippen LogP contribution in [0.25, 0.3) is 0 Å². The van der Waals surface area contributed by atoms with Gasteiger partial charge in [-0.05, 0) is 43.7 Å². The summed E-state index contributed by atoms with van der Waals surface area (Å²) in [4.78, 5) is 17.5. The number of nitrogens with zero attached hydrogens (tertiary/aromatic N) is 2. The molecule has 5 heteroatoms. The molecule has 1 N–H and O–H groups in total. The zero-order valence-electron chi connectivity index (χ0n) is 18.1. The summed E-state index contributed by atoms with van der Waals surface area (Å²) < 4.78 is 0. The molecule has 0 bridgehead atoms. The van der Waals surface area contributed by atoms with Crippen molar-refractivity contribution in [2.45, 2.75) is 36.7 Å². The maximum absolute atomic E-state index is 12.9. The van der Waals surface area contributed by atoms with Crippen molar-refractivity contribution in [3.8, 4) is 0 Å². The molecule has 2 heterocycles. The zero-order valence-corrected chi connectivity index (χ0v) is 18.9. The van der Waals surface area contributed by atoms with Gasteiger partial charge in [0.15, 0.2) is 5.78 Å². The van der Waals surface area contributed by atoms with E-state index in [0.29, 0.717) is 0 Å². The number of hydrogen-bond donors (Lipinski definition) is 1. The first kappa shape index (κ1) is 21.6. The lowest BCUT2D eigenvalue weighted by Crippen LogP contribution is -2.65. The quantitative estimate of drug-likeness (QED) is 0.733. The fourth-order valence-electron chi connectivity index (χ4n) is 5.32. The topological polar surface area (TPSA) is 35.6 Å². The van der Waals surface area contributed by atoms with Crippen molar-refractivity contribution in [3.63, 3.8) is 0 Å². The maximum Gasteiger partial charge on any atom is 0.161 e. The molecule has 2 fully saturated rings. The Bertz CT molecular complexity index is 777. The van der Waals surface area contributed by atoms with Crippen molar-refractivity contribution >= 4 is 17.5 Å². The van der Waals surface area contributed by atoms with E-state index in [1.54, 1.807) is 18.7 Å². The van der Waals surface area contributed by atoms with Crippen LogP contribution in [-0.4, -0.2) is 65.5 Å². The van der Waals surface area contributed by atoms with E-state index in [4.69, 9.17) is 0 Å². The van der Waals surface area contributed by atoms with E-state index >= 15 is 0 Å². The van der Waals surface area contributed by atoms with E-state index in [1.807, 2.05) is 0 Å². The first-order valence-electron chi connectivity index (χ1n) is 11.1. The Morgan fingerprint density at radius 1 is 1.00 bits per heavy atom. The van der Waals surface area contributed by atoms with Gasteiger partial charge in [0.05, 0.1) is 6.04 Å². The van der Waals surface area contributed by atoms with Gasteiger partial charge in [-0.15, -0.1) is 11.8 Å². The van der Waals surface area contributed by atoms with Crippen molar-refractivity contribution in [2.24, 2.45) is 0 Å². The molecule has 4 rings (SSSR count). The molecule has 0 aliphatic carbocycles. The van der Waals surface area contributed by atoms with Gasteiger partial charge >= 0.3 is 0 Å². The Hall–Kier alpha value is -1.66. The summed E-state index contributed by atoms with van der Waals surface area (Å²) in [5.74, 6) is 0.283. The standard InChI is InChI=1S/C25H33N3OS/c1-20(29)25(30-2,23-14-9-15-26-23)28-18-16-27(17-19-28)24(21-10-5-3-6-11-21)22-12-7-4-8-13-22/h3-8,10-13,23-24,26H,9,14-19H2,1-2H3. The zero-order chi connectivity index (χ0) is 21.0. The fraction of sp³-hybridized carbons (Fsp3) is 0.480. The minimum absolute atomic E-state index is 0.246. The monoisotopic (exact) mass is 423 g/mol. The summed E-state index contributed by atoms with van der Waals surface area (Å²) in [6.07, 6.45) is 4.34. The highest BCUT2D eigenvalue weighted by Crippen LogP contribution is 2.38. The molecule has 2 aromatic carbocycles. The van der Waals surface area contributed by atoms with E-state index in [2.05, 4.69) is 82.0 Å². The van der Waals surface area contributed by atoms with Gasteiger partial charge < -0.3 is 5.32 Å². The second kappa shape index (κ2) is 9.65. The van der Waals surface area contributed by atoms with Crippen molar-refractivity contribution in [1.82, 2.24) is 15.1 Å². The molecule has 0 radical (unpaired) electrons. The van der Waals surface area contributed by atoms with E-state index in [0.717, 1.165) is 45.6 Å². The largest absolute Gasteiger partial charge is 0.311 e. The summed E-state index contributed by atoms with van der Waals surface area (Å²) >= 11 is 1.73. The van der Waals surface area contributed by atoms with Gasteiger partial charge in [-0.3, -0.25) is 14.6 Å². The van der Waals surface area contributed by atoms with Crippen molar-refractivity contribution in [1.29, 1.82) is 0 Å². The fourth-order valence-corrected chi connectivity index (χ4v) is 6.53. The minimum Gasteiger partial charge on any atom is -0.311 e. The maximum atomic E-state index is 12.9. The summed E-state index contributed by atoms with van der Waals surface area (Å²) in [7, 11) is 0. The first-order chi connectivity index (χ1) is 14.7. The van der Waals surface area contributed by atoms with Crippen LogP contribution >= 0.6 is 11.8 Å². The molecule has 0 aromatic heterocycles. The third kappa shape index (κ3) is 4.09. The average molecular weight is 424 g/mol. The molecule has 2 aliphatic rings. The van der Waals surface area contributed by atoms with Crippen LogP contribution in [0.2, 0.25) is 0 Å². The van der Waals surface area contributed by atoms with Crippen LogP contribution in [0.15, 0.2) is 60.7 Å². The van der Waals surface area contributed by atoms with E-state index in [9.17, 15) is 4.79 Å². The summed E-state index contributed by atoms with van der Waals surface area (Å²) in [5.41, 5.74) is 2.66. The number of carbonyl (C=O) groups excluding carboxylic acids is 1. The number of benzene rings is 2. The predicted octanol–water partition coefficient (Wildman–Crippen LogP) is 3.79. The van der Waals surface area contributed by atoms with Crippen LogP contribution < -0.4 is 5.32 Å². The van der Waals surface area contributed by atoms with Gasteiger partial charge in [0.25, 0.3) is 0 Å². The molecule has 0 saturated carbocycles. The molecular weight excluding hydrogens is 390 g/mol. The van der Waals surface area contributed by atoms with E-state index in [-0.39, 0.29) is 17.9 Å². The lowest BCUT2D eigenvalue weighted by Gasteiger charge is -2.49. The molecule has 0 spiro atoms. The molecule has 0 amide bonds. The van der Waals surface area contributed by atoms with Crippen LogP contribution in [0.4, 0.5) is 0 Å². The van der Waals surface area contributed by atoms with Gasteiger partial charge in [0.1, 0.15) is 4.87 Å². The highest BCUT2D eigenvalue weighted by Gasteiger charge is 2.49. The van der Waals surface area contributed by atoms with Crippen molar-refractivity contribution < 1.29 is 4.79 Å². The van der Waals surface area contributed by atoms with E-state index in [1.165, 1.54) is 11.1 Å². The van der Waals surface area contributed by atoms with Gasteiger partial charge in [-0.25, -0.2) is 0 Å². The summed E-state index contributed by atoms with van der Waals surface area (Å²) in [5, 5.41) is 3.62. The van der Waals surface area contributed by atoms with Gasteiger partial charge in [-0.2, -0.15) is 0 Å². The van der Waals surface area contributed by atoms with Gasteiger partial charge in [0, 0.05) is 32.2 Å². The van der Waals surface area contributed by atoms with Crippen molar-refractivity contribution in [2.75, 3.05) is 39.0 Å². The molecule has 2 unspecified atom stereocenters. The number of Topliss-reactive ketones (excluding diaryl/α,β-unsaturated/α-hetero) is 1. The molecule has 160 valence electrons. The van der Waals surface area contributed by atoms with Crippen LogP contribution in [0, 0.1) is 0 Å². The number of hydrogen-bond acceptors (Lipinski definition) is 5. The Labute approximate surface area is 185 Å². The third-order valence-corrected chi connectivity index (χ3v) is 8.18. The second-order valence-corrected chi connectivity index (χ2v) is 9.38. The number of carbonyl (C=O) groups is 1. The molecule has 2 saturated heterocycles. The number of piperazine rings is 1. The Balaban J connectivity index is 1.56. The number of rotatable bonds is 7. The normalized spacial score (nSPS) is 22.8. The predicted molar refractivity (Wildman–Crippen MR) is 126 cm³/mol. The number of nitrogens with one attached hydrogen (secondary N) is 1. The molecule has 2 aromatic rings. The molecule has 2 atom stereocenters. The number of ketones is 1. The molecule has 30 heavy (non-hydrogen) atoms. The minimum atomic E-state index is -0.447. The Morgan fingerprint density at radius 2 is 1.57 bits per heavy atom. The smallest absolute Gasteiger partial charge is 0.161 e.